The molecule has 20 heavy (non-hydrogen) atoms. The predicted octanol–water partition coefficient (Wildman–Crippen LogP) is 3.01. The van der Waals surface area contributed by atoms with E-state index in [9.17, 15) is 9.59 Å². The summed E-state index contributed by atoms with van der Waals surface area (Å²) in [6, 6.07) is 7.65. The van der Waals surface area contributed by atoms with Gasteiger partial charge in [0.2, 0.25) is 0 Å². The number of aryl methyl sites for hydroxylation is 1. The molecule has 3 heteroatoms. The van der Waals surface area contributed by atoms with E-state index >= 15 is 0 Å². The highest BCUT2D eigenvalue weighted by Gasteiger charge is 2.54. The summed E-state index contributed by atoms with van der Waals surface area (Å²) in [6.45, 7) is 2.00. The molecular formula is C17H20O3. The van der Waals surface area contributed by atoms with Crippen LogP contribution in [-0.4, -0.2) is 18.9 Å². The van der Waals surface area contributed by atoms with E-state index in [0.717, 1.165) is 30.4 Å². The molecule has 0 amide bonds. The van der Waals surface area contributed by atoms with Crippen LogP contribution in [0.5, 0.6) is 0 Å². The zero-order valence-corrected chi connectivity index (χ0v) is 12.0. The van der Waals surface area contributed by atoms with E-state index in [4.69, 9.17) is 4.74 Å². The number of carbonyl (C=O) groups is 2. The van der Waals surface area contributed by atoms with E-state index in [0.29, 0.717) is 11.8 Å². The van der Waals surface area contributed by atoms with E-state index in [1.165, 1.54) is 7.11 Å². The fourth-order valence-corrected chi connectivity index (χ4v) is 4.05. The Labute approximate surface area is 119 Å². The summed E-state index contributed by atoms with van der Waals surface area (Å²) in [5.41, 5.74) is 1.86. The normalized spacial score (nSPS) is 31.3. The van der Waals surface area contributed by atoms with Gasteiger partial charge < -0.3 is 4.74 Å². The molecule has 1 aromatic carbocycles. The van der Waals surface area contributed by atoms with Gasteiger partial charge in [0.1, 0.15) is 0 Å². The molecule has 0 saturated heterocycles. The van der Waals surface area contributed by atoms with Crippen LogP contribution in [0.15, 0.2) is 24.3 Å². The summed E-state index contributed by atoms with van der Waals surface area (Å²) in [6.07, 6.45) is 3.13. The van der Waals surface area contributed by atoms with Crippen molar-refractivity contribution < 1.29 is 14.3 Å². The topological polar surface area (TPSA) is 43.4 Å². The van der Waals surface area contributed by atoms with Gasteiger partial charge in [-0.05, 0) is 38.0 Å². The number of fused-ring (bicyclic) bond motifs is 2. The Morgan fingerprint density at radius 3 is 2.25 bits per heavy atom. The lowest BCUT2D eigenvalue weighted by Crippen LogP contribution is -2.35. The van der Waals surface area contributed by atoms with Crippen molar-refractivity contribution in [2.45, 2.75) is 26.2 Å². The minimum Gasteiger partial charge on any atom is -0.469 e. The molecule has 2 bridgehead atoms. The Morgan fingerprint density at radius 1 is 1.05 bits per heavy atom. The number of methoxy groups -OCH3 is 1. The SMILES string of the molecule is COC(=O)[C@H]1[C@H]2CC[C@H](C2)[C@@H]1C(=O)c1ccc(C)cc1. The van der Waals surface area contributed by atoms with E-state index in [1.54, 1.807) is 0 Å². The van der Waals surface area contributed by atoms with Gasteiger partial charge in [-0.15, -0.1) is 0 Å². The summed E-state index contributed by atoms with van der Waals surface area (Å²) in [5.74, 6) is 0.205. The molecule has 3 nitrogen and oxygen atoms in total. The van der Waals surface area contributed by atoms with Crippen LogP contribution < -0.4 is 0 Å². The maximum Gasteiger partial charge on any atom is 0.309 e. The lowest BCUT2D eigenvalue weighted by molar-refractivity contribution is -0.148. The lowest BCUT2D eigenvalue weighted by atomic mass is 9.75. The van der Waals surface area contributed by atoms with Crippen molar-refractivity contribution in [1.82, 2.24) is 0 Å². The van der Waals surface area contributed by atoms with Crippen LogP contribution in [0, 0.1) is 30.6 Å². The number of benzene rings is 1. The van der Waals surface area contributed by atoms with Gasteiger partial charge in [-0.2, -0.15) is 0 Å². The number of Topliss-reactive ketones (excluding diaryl/α,β-unsaturated/α-hetero) is 1. The molecular weight excluding hydrogens is 252 g/mol. The van der Waals surface area contributed by atoms with Crippen molar-refractivity contribution in [2.75, 3.05) is 7.11 Å². The van der Waals surface area contributed by atoms with Crippen LogP contribution in [0.1, 0.15) is 35.2 Å². The third kappa shape index (κ3) is 2.05. The first-order valence-corrected chi connectivity index (χ1v) is 7.30. The molecule has 2 saturated carbocycles. The van der Waals surface area contributed by atoms with E-state index in [1.807, 2.05) is 31.2 Å². The fraction of sp³-hybridized carbons (Fsp3) is 0.529. The molecule has 1 aromatic rings. The Morgan fingerprint density at radius 2 is 1.65 bits per heavy atom. The van der Waals surface area contributed by atoms with Gasteiger partial charge in [0.15, 0.2) is 5.78 Å². The highest BCUT2D eigenvalue weighted by Crippen LogP contribution is 2.53. The second kappa shape index (κ2) is 5.04. The maximum absolute atomic E-state index is 12.8. The third-order valence-corrected chi connectivity index (χ3v) is 5.03. The zero-order chi connectivity index (χ0) is 14.3. The van der Waals surface area contributed by atoms with Crippen molar-refractivity contribution in [2.24, 2.45) is 23.7 Å². The first-order valence-electron chi connectivity index (χ1n) is 7.30. The molecule has 0 N–H and O–H groups in total. The highest BCUT2D eigenvalue weighted by atomic mass is 16.5. The number of ether oxygens (including phenoxy) is 1. The molecule has 4 atom stereocenters. The number of carbonyl (C=O) groups excluding carboxylic acids is 2. The van der Waals surface area contributed by atoms with Crippen LogP contribution in [0.25, 0.3) is 0 Å². The minimum absolute atomic E-state index is 0.118. The number of hydrogen-bond donors (Lipinski definition) is 0. The second-order valence-electron chi connectivity index (χ2n) is 6.14. The standard InChI is InChI=1S/C17H20O3/c1-10-3-5-11(6-4-10)16(18)14-12-7-8-13(9-12)15(14)17(19)20-2/h3-6,12-15H,7-9H2,1-2H3/t12-,13+,14+,15+/m1/s1. The van der Waals surface area contributed by atoms with Crippen LogP contribution >= 0.6 is 0 Å². The lowest BCUT2D eigenvalue weighted by Gasteiger charge is -2.28. The van der Waals surface area contributed by atoms with Gasteiger partial charge in [0.25, 0.3) is 0 Å². The van der Waals surface area contributed by atoms with Crippen LogP contribution in [0.4, 0.5) is 0 Å². The number of rotatable bonds is 3. The average Bonchev–Trinajstić information content (AvgIpc) is 3.07. The molecule has 106 valence electrons. The Hall–Kier alpha value is -1.64. The predicted molar refractivity (Wildman–Crippen MR) is 75.3 cm³/mol. The highest BCUT2D eigenvalue weighted by molar-refractivity contribution is 6.00. The Balaban J connectivity index is 1.89. The van der Waals surface area contributed by atoms with E-state index in [-0.39, 0.29) is 23.6 Å². The second-order valence-corrected chi connectivity index (χ2v) is 6.14. The van der Waals surface area contributed by atoms with Gasteiger partial charge in [0, 0.05) is 11.5 Å². The van der Waals surface area contributed by atoms with Gasteiger partial charge in [-0.3, -0.25) is 9.59 Å². The largest absolute Gasteiger partial charge is 0.469 e. The molecule has 2 aliphatic rings. The minimum atomic E-state index is -0.229. The maximum atomic E-state index is 12.8. The molecule has 2 aliphatic carbocycles. The van der Waals surface area contributed by atoms with Crippen molar-refractivity contribution in [3.05, 3.63) is 35.4 Å². The summed E-state index contributed by atoms with van der Waals surface area (Å²) in [7, 11) is 1.42. The van der Waals surface area contributed by atoms with Gasteiger partial charge >= 0.3 is 5.97 Å². The summed E-state index contributed by atoms with van der Waals surface area (Å²) < 4.78 is 4.93. The number of esters is 1. The van der Waals surface area contributed by atoms with Crippen molar-refractivity contribution >= 4 is 11.8 Å². The van der Waals surface area contributed by atoms with Crippen LogP contribution in [0.3, 0.4) is 0 Å². The quantitative estimate of drug-likeness (QED) is 0.627. The van der Waals surface area contributed by atoms with Gasteiger partial charge in [-0.1, -0.05) is 29.8 Å². The molecule has 0 heterocycles. The summed E-state index contributed by atoms with van der Waals surface area (Å²) in [4.78, 5) is 24.8. The number of ketones is 1. The van der Waals surface area contributed by atoms with Crippen LogP contribution in [0.2, 0.25) is 0 Å². The zero-order valence-electron chi connectivity index (χ0n) is 12.0. The van der Waals surface area contributed by atoms with E-state index in [2.05, 4.69) is 0 Å². The molecule has 0 spiro atoms. The number of hydrogen-bond acceptors (Lipinski definition) is 3. The van der Waals surface area contributed by atoms with Gasteiger partial charge in [0.05, 0.1) is 13.0 Å². The molecule has 0 radical (unpaired) electrons. The Kier molecular flexibility index (Phi) is 3.36. The first-order chi connectivity index (χ1) is 9.61. The Bertz CT molecular complexity index is 532. The molecule has 0 aliphatic heterocycles. The summed E-state index contributed by atoms with van der Waals surface area (Å²) in [5, 5.41) is 0. The fourth-order valence-electron chi connectivity index (χ4n) is 4.05. The first kappa shape index (κ1) is 13.3. The van der Waals surface area contributed by atoms with Crippen molar-refractivity contribution in [3.63, 3.8) is 0 Å². The third-order valence-electron chi connectivity index (χ3n) is 5.03. The summed E-state index contributed by atoms with van der Waals surface area (Å²) >= 11 is 0. The van der Waals surface area contributed by atoms with Gasteiger partial charge in [-0.25, -0.2) is 0 Å². The smallest absolute Gasteiger partial charge is 0.309 e. The average molecular weight is 272 g/mol. The van der Waals surface area contributed by atoms with Crippen molar-refractivity contribution in [1.29, 1.82) is 0 Å². The molecule has 2 fully saturated rings. The molecule has 3 rings (SSSR count). The monoisotopic (exact) mass is 272 g/mol. The molecule has 0 unspecified atom stereocenters. The van der Waals surface area contributed by atoms with Crippen molar-refractivity contribution in [3.8, 4) is 0 Å². The molecule has 0 aromatic heterocycles. The van der Waals surface area contributed by atoms with E-state index < -0.39 is 0 Å². The van der Waals surface area contributed by atoms with Crippen LogP contribution in [-0.2, 0) is 9.53 Å².